The third-order valence-electron chi connectivity index (χ3n) is 2.57. The number of ether oxygens (including phenoxy) is 1. The fourth-order valence-electron chi connectivity index (χ4n) is 1.64. The lowest BCUT2D eigenvalue weighted by atomic mass is 9.80. The molecule has 0 aliphatic rings. The van der Waals surface area contributed by atoms with Crippen molar-refractivity contribution in [2.45, 2.75) is 4.90 Å². The lowest BCUT2D eigenvalue weighted by molar-refractivity contribution is 0.344. The highest BCUT2D eigenvalue weighted by atomic mass is 79.9. The van der Waals surface area contributed by atoms with E-state index in [2.05, 4.69) is 28.1 Å². The minimum Gasteiger partial charge on any atom is -0.493 e. The quantitative estimate of drug-likeness (QED) is 0.476. The Kier molecular flexibility index (Phi) is 5.97. The van der Waals surface area contributed by atoms with Crippen LogP contribution in [0, 0.1) is 0 Å². The molecule has 6 heteroatoms. The summed E-state index contributed by atoms with van der Waals surface area (Å²) >= 11 is 5.15. The molecule has 104 valence electrons. The Morgan fingerprint density at radius 2 is 1.90 bits per heavy atom. The third kappa shape index (κ3) is 4.87. The lowest BCUT2D eigenvalue weighted by Gasteiger charge is -2.08. The van der Waals surface area contributed by atoms with Gasteiger partial charge < -0.3 is 14.8 Å². The largest absolute Gasteiger partial charge is 0.493 e. The highest BCUT2D eigenvalue weighted by Crippen LogP contribution is 2.21. The van der Waals surface area contributed by atoms with Crippen LogP contribution in [-0.4, -0.2) is 29.5 Å². The molecule has 2 rings (SSSR count). The second kappa shape index (κ2) is 7.74. The summed E-state index contributed by atoms with van der Waals surface area (Å²) in [4.78, 5) is 1.18. The van der Waals surface area contributed by atoms with E-state index in [1.54, 1.807) is 36.0 Å². The van der Waals surface area contributed by atoms with Gasteiger partial charge in [-0.15, -0.1) is 11.8 Å². The van der Waals surface area contributed by atoms with Crippen LogP contribution < -0.4 is 10.2 Å². The van der Waals surface area contributed by atoms with Crippen LogP contribution in [0.4, 0.5) is 0 Å². The van der Waals surface area contributed by atoms with Gasteiger partial charge in [-0.2, -0.15) is 0 Å². The standard InChI is InChI=1S/C14H14BBrO3S/c16-12-4-2-6-14(10-12)20-8-7-19-13-5-1-3-11(9-13)15(17)18/h1-6,9-10,17-18H,7-8H2. The van der Waals surface area contributed by atoms with Crippen LogP contribution in [0.5, 0.6) is 5.75 Å². The Morgan fingerprint density at radius 1 is 1.10 bits per heavy atom. The molecule has 0 saturated carbocycles. The molecule has 0 heterocycles. The highest BCUT2D eigenvalue weighted by Gasteiger charge is 2.10. The van der Waals surface area contributed by atoms with Gasteiger partial charge in [-0.25, -0.2) is 0 Å². The molecule has 0 atom stereocenters. The molecule has 0 amide bonds. The fraction of sp³-hybridized carbons (Fsp3) is 0.143. The molecule has 2 aromatic rings. The summed E-state index contributed by atoms with van der Waals surface area (Å²) in [5, 5.41) is 18.2. The Balaban J connectivity index is 1.80. The zero-order valence-electron chi connectivity index (χ0n) is 10.7. The first-order chi connectivity index (χ1) is 9.65. The SMILES string of the molecule is OB(O)c1cccc(OCCSc2cccc(Br)c2)c1. The van der Waals surface area contributed by atoms with Gasteiger partial charge in [-0.05, 0) is 35.8 Å². The number of hydrogen-bond acceptors (Lipinski definition) is 4. The molecule has 0 aliphatic heterocycles. The summed E-state index contributed by atoms with van der Waals surface area (Å²) in [6.45, 7) is 0.558. The van der Waals surface area contributed by atoms with Crippen LogP contribution in [-0.2, 0) is 0 Å². The second-order valence-corrected chi connectivity index (χ2v) is 6.18. The number of rotatable bonds is 6. The predicted octanol–water partition coefficient (Wildman–Crippen LogP) is 2.30. The van der Waals surface area contributed by atoms with E-state index in [1.807, 2.05) is 12.1 Å². The average Bonchev–Trinajstić information content (AvgIpc) is 2.44. The fourth-order valence-corrected chi connectivity index (χ4v) is 2.98. The summed E-state index contributed by atoms with van der Waals surface area (Å²) in [6.07, 6.45) is 0. The molecule has 0 aromatic heterocycles. The van der Waals surface area contributed by atoms with E-state index in [1.165, 1.54) is 4.90 Å². The van der Waals surface area contributed by atoms with E-state index in [9.17, 15) is 0 Å². The number of halogens is 1. The second-order valence-electron chi connectivity index (χ2n) is 4.10. The van der Waals surface area contributed by atoms with Crippen molar-refractivity contribution in [2.75, 3.05) is 12.4 Å². The summed E-state index contributed by atoms with van der Waals surface area (Å²) in [5.41, 5.74) is 0.433. The van der Waals surface area contributed by atoms with E-state index < -0.39 is 7.12 Å². The smallest absolute Gasteiger partial charge is 0.488 e. The average molecular weight is 353 g/mol. The van der Waals surface area contributed by atoms with Crippen molar-refractivity contribution in [1.29, 1.82) is 0 Å². The van der Waals surface area contributed by atoms with Gasteiger partial charge in [0.25, 0.3) is 0 Å². The molecule has 2 aromatic carbocycles. The zero-order valence-corrected chi connectivity index (χ0v) is 13.1. The maximum Gasteiger partial charge on any atom is 0.488 e. The van der Waals surface area contributed by atoms with Crippen LogP contribution in [0.25, 0.3) is 0 Å². The van der Waals surface area contributed by atoms with Crippen molar-refractivity contribution in [3.8, 4) is 5.75 Å². The van der Waals surface area contributed by atoms with Gasteiger partial charge in [0.05, 0.1) is 6.61 Å². The Morgan fingerprint density at radius 3 is 2.65 bits per heavy atom. The normalized spacial score (nSPS) is 10.3. The monoisotopic (exact) mass is 352 g/mol. The van der Waals surface area contributed by atoms with E-state index in [4.69, 9.17) is 14.8 Å². The van der Waals surface area contributed by atoms with Crippen molar-refractivity contribution >= 4 is 40.3 Å². The van der Waals surface area contributed by atoms with Crippen LogP contribution in [0.3, 0.4) is 0 Å². The van der Waals surface area contributed by atoms with Crippen LogP contribution in [0.2, 0.25) is 0 Å². The van der Waals surface area contributed by atoms with Gasteiger partial charge >= 0.3 is 7.12 Å². The predicted molar refractivity (Wildman–Crippen MR) is 86.6 cm³/mol. The minimum atomic E-state index is -1.46. The number of hydrogen-bond donors (Lipinski definition) is 2. The van der Waals surface area contributed by atoms with E-state index in [-0.39, 0.29) is 0 Å². The molecule has 0 unspecified atom stereocenters. The summed E-state index contributed by atoms with van der Waals surface area (Å²) in [5.74, 6) is 1.47. The van der Waals surface area contributed by atoms with Crippen molar-refractivity contribution in [3.63, 3.8) is 0 Å². The van der Waals surface area contributed by atoms with Gasteiger partial charge in [-0.1, -0.05) is 34.1 Å². The van der Waals surface area contributed by atoms with Gasteiger partial charge in [0.15, 0.2) is 0 Å². The van der Waals surface area contributed by atoms with Crippen LogP contribution >= 0.6 is 27.7 Å². The highest BCUT2D eigenvalue weighted by molar-refractivity contribution is 9.10. The Hall–Kier alpha value is -0.945. The molecular formula is C14H14BBrO3S. The van der Waals surface area contributed by atoms with E-state index >= 15 is 0 Å². The number of benzene rings is 2. The molecule has 0 saturated heterocycles. The third-order valence-corrected chi connectivity index (χ3v) is 4.02. The lowest BCUT2D eigenvalue weighted by Crippen LogP contribution is -2.29. The number of thioether (sulfide) groups is 1. The molecule has 0 fully saturated rings. The molecular weight excluding hydrogens is 339 g/mol. The molecule has 0 bridgehead atoms. The summed E-state index contributed by atoms with van der Waals surface area (Å²) in [7, 11) is -1.46. The summed E-state index contributed by atoms with van der Waals surface area (Å²) in [6, 6.07) is 14.9. The Bertz CT molecular complexity index is 566. The maximum atomic E-state index is 9.09. The van der Waals surface area contributed by atoms with Crippen molar-refractivity contribution in [3.05, 3.63) is 53.0 Å². The van der Waals surface area contributed by atoms with Crippen molar-refractivity contribution < 1.29 is 14.8 Å². The Labute approximate surface area is 131 Å². The maximum absolute atomic E-state index is 9.09. The van der Waals surface area contributed by atoms with Gasteiger partial charge in [0.1, 0.15) is 5.75 Å². The van der Waals surface area contributed by atoms with E-state index in [0.29, 0.717) is 17.8 Å². The first-order valence-electron chi connectivity index (χ1n) is 6.12. The first-order valence-corrected chi connectivity index (χ1v) is 7.90. The van der Waals surface area contributed by atoms with Crippen LogP contribution in [0.1, 0.15) is 0 Å². The topological polar surface area (TPSA) is 49.7 Å². The van der Waals surface area contributed by atoms with Gasteiger partial charge in [0.2, 0.25) is 0 Å². The van der Waals surface area contributed by atoms with Gasteiger partial charge in [0, 0.05) is 15.1 Å². The minimum absolute atomic E-state index is 0.433. The van der Waals surface area contributed by atoms with E-state index in [0.717, 1.165) is 10.2 Å². The molecule has 0 radical (unpaired) electrons. The molecule has 0 aliphatic carbocycles. The molecule has 2 N–H and O–H groups in total. The molecule has 0 spiro atoms. The van der Waals surface area contributed by atoms with Gasteiger partial charge in [-0.3, -0.25) is 0 Å². The zero-order chi connectivity index (χ0) is 14.4. The van der Waals surface area contributed by atoms with Crippen molar-refractivity contribution in [1.82, 2.24) is 0 Å². The molecule has 20 heavy (non-hydrogen) atoms. The molecule has 3 nitrogen and oxygen atoms in total. The summed E-state index contributed by atoms with van der Waals surface area (Å²) < 4.78 is 6.66. The van der Waals surface area contributed by atoms with Crippen LogP contribution in [0.15, 0.2) is 57.9 Å². The first kappa shape index (κ1) is 15.4. The van der Waals surface area contributed by atoms with Crippen molar-refractivity contribution in [2.24, 2.45) is 0 Å².